The minimum Gasteiger partial charge on any atom is -0.481 e. The van der Waals surface area contributed by atoms with E-state index >= 15 is 0 Å². The van der Waals surface area contributed by atoms with Crippen LogP contribution in [0.4, 0.5) is 4.79 Å². The van der Waals surface area contributed by atoms with Crippen molar-refractivity contribution in [3.8, 4) is 0 Å². The van der Waals surface area contributed by atoms with E-state index < -0.39 is 30.0 Å². The lowest BCUT2D eigenvalue weighted by molar-refractivity contribution is -0.177. The zero-order valence-corrected chi connectivity index (χ0v) is 13.0. The van der Waals surface area contributed by atoms with Gasteiger partial charge in [0.15, 0.2) is 5.54 Å². The van der Waals surface area contributed by atoms with E-state index in [1.54, 1.807) is 19.1 Å². The van der Waals surface area contributed by atoms with Crippen molar-refractivity contribution < 1.29 is 29.0 Å². The zero-order chi connectivity index (χ0) is 17.0. The Labute approximate surface area is 133 Å². The number of carbonyl (C=O) groups is 3. The molecule has 0 aliphatic carbocycles. The number of carbonyl (C=O) groups excluding carboxylic acids is 2. The molecule has 1 heterocycles. The smallest absolute Gasteiger partial charge is 0.411 e. The van der Waals surface area contributed by atoms with Crippen LogP contribution in [0.3, 0.4) is 0 Å². The van der Waals surface area contributed by atoms with Crippen molar-refractivity contribution in [3.63, 3.8) is 0 Å². The molecule has 1 aromatic rings. The monoisotopic (exact) mass is 321 g/mol. The van der Waals surface area contributed by atoms with Crippen molar-refractivity contribution >= 4 is 18.0 Å². The summed E-state index contributed by atoms with van der Waals surface area (Å²) in [4.78, 5) is 36.7. The van der Waals surface area contributed by atoms with Gasteiger partial charge >= 0.3 is 18.0 Å². The number of likely N-dealkylation sites (tertiary alicyclic amines) is 1. The van der Waals surface area contributed by atoms with Crippen molar-refractivity contribution in [2.24, 2.45) is 5.92 Å². The molecule has 1 N–H and O–H groups in total. The normalized spacial score (nSPS) is 22.9. The lowest BCUT2D eigenvalue weighted by Gasteiger charge is -2.53. The van der Waals surface area contributed by atoms with Gasteiger partial charge in [-0.2, -0.15) is 0 Å². The van der Waals surface area contributed by atoms with Gasteiger partial charge in [0.1, 0.15) is 6.61 Å². The van der Waals surface area contributed by atoms with Crippen molar-refractivity contribution in [1.82, 2.24) is 4.90 Å². The average molecular weight is 321 g/mol. The van der Waals surface area contributed by atoms with Crippen LogP contribution >= 0.6 is 0 Å². The summed E-state index contributed by atoms with van der Waals surface area (Å²) in [6.45, 7) is 2.01. The Morgan fingerprint density at radius 3 is 2.48 bits per heavy atom. The minimum absolute atomic E-state index is 0.0505. The Morgan fingerprint density at radius 2 is 1.96 bits per heavy atom. The van der Waals surface area contributed by atoms with Crippen LogP contribution in [-0.4, -0.2) is 47.2 Å². The van der Waals surface area contributed by atoms with E-state index in [4.69, 9.17) is 14.6 Å². The second kappa shape index (κ2) is 6.68. The summed E-state index contributed by atoms with van der Waals surface area (Å²) in [5, 5.41) is 9.10. The molecule has 2 rings (SSSR count). The highest BCUT2D eigenvalue weighted by molar-refractivity contribution is 5.92. The summed E-state index contributed by atoms with van der Waals surface area (Å²) in [5.41, 5.74) is -0.703. The Bertz CT molecular complexity index is 602. The summed E-state index contributed by atoms with van der Waals surface area (Å²) in [6, 6.07) is 9.08. The molecule has 7 nitrogen and oxygen atoms in total. The largest absolute Gasteiger partial charge is 0.481 e. The first-order chi connectivity index (χ1) is 10.9. The van der Waals surface area contributed by atoms with Crippen LogP contribution in [-0.2, 0) is 25.7 Å². The van der Waals surface area contributed by atoms with E-state index in [9.17, 15) is 14.4 Å². The second-order valence-electron chi connectivity index (χ2n) is 5.54. The quantitative estimate of drug-likeness (QED) is 0.829. The van der Waals surface area contributed by atoms with Gasteiger partial charge in [0, 0.05) is 12.5 Å². The molecule has 1 aliphatic heterocycles. The lowest BCUT2D eigenvalue weighted by Crippen LogP contribution is -2.73. The fourth-order valence-electron chi connectivity index (χ4n) is 2.84. The summed E-state index contributed by atoms with van der Waals surface area (Å²) in [7, 11) is 1.17. The number of methoxy groups -OCH3 is 1. The molecule has 7 heteroatoms. The van der Waals surface area contributed by atoms with Gasteiger partial charge in [0.05, 0.1) is 13.5 Å². The molecule has 1 aliphatic rings. The molecule has 2 atom stereocenters. The van der Waals surface area contributed by atoms with E-state index in [1.165, 1.54) is 7.11 Å². The first-order valence-corrected chi connectivity index (χ1v) is 7.20. The van der Waals surface area contributed by atoms with Crippen LogP contribution < -0.4 is 0 Å². The molecule has 0 unspecified atom stereocenters. The number of esters is 1. The molecule has 23 heavy (non-hydrogen) atoms. The van der Waals surface area contributed by atoms with Gasteiger partial charge in [-0.3, -0.25) is 9.69 Å². The molecule has 124 valence electrons. The van der Waals surface area contributed by atoms with Gasteiger partial charge < -0.3 is 14.6 Å². The maximum atomic E-state index is 12.3. The SMILES string of the molecule is COC(=O)[C@@]1(CC(=O)O)[C@@H](C)CN1C(=O)OCc1ccccc1. The number of aliphatic carboxylic acids is 1. The molecule has 1 aromatic carbocycles. The fraction of sp³-hybridized carbons (Fsp3) is 0.438. The number of rotatable bonds is 5. The highest BCUT2D eigenvalue weighted by Crippen LogP contribution is 2.41. The minimum atomic E-state index is -1.51. The number of benzene rings is 1. The summed E-state index contributed by atoms with van der Waals surface area (Å²) >= 11 is 0. The van der Waals surface area contributed by atoms with Gasteiger partial charge in [-0.25, -0.2) is 9.59 Å². The summed E-state index contributed by atoms with van der Waals surface area (Å²) in [5.74, 6) is -2.24. The number of amides is 1. The number of carboxylic acids is 1. The molecule has 0 saturated carbocycles. The molecule has 0 aromatic heterocycles. The van der Waals surface area contributed by atoms with Gasteiger partial charge in [-0.15, -0.1) is 0 Å². The first-order valence-electron chi connectivity index (χ1n) is 7.20. The predicted octanol–water partition coefficient (Wildman–Crippen LogP) is 1.66. The van der Waals surface area contributed by atoms with Crippen molar-refractivity contribution in [1.29, 1.82) is 0 Å². The average Bonchev–Trinajstić information content (AvgIpc) is 2.55. The maximum Gasteiger partial charge on any atom is 0.411 e. The third-order valence-electron chi connectivity index (χ3n) is 4.14. The Balaban J connectivity index is 2.11. The van der Waals surface area contributed by atoms with E-state index in [2.05, 4.69) is 0 Å². The van der Waals surface area contributed by atoms with Crippen molar-refractivity contribution in [3.05, 3.63) is 35.9 Å². The van der Waals surface area contributed by atoms with Gasteiger partial charge in [-0.1, -0.05) is 37.3 Å². The summed E-state index contributed by atoms with van der Waals surface area (Å²) in [6.07, 6.45) is -1.24. The lowest BCUT2D eigenvalue weighted by atomic mass is 9.73. The topological polar surface area (TPSA) is 93.1 Å². The van der Waals surface area contributed by atoms with Crippen LogP contribution in [0.15, 0.2) is 30.3 Å². The number of hydrogen-bond donors (Lipinski definition) is 1. The predicted molar refractivity (Wildman–Crippen MR) is 79.5 cm³/mol. The third kappa shape index (κ3) is 3.13. The zero-order valence-electron chi connectivity index (χ0n) is 13.0. The molecule has 1 saturated heterocycles. The number of ether oxygens (including phenoxy) is 2. The molecule has 0 spiro atoms. The summed E-state index contributed by atoms with van der Waals surface area (Å²) < 4.78 is 9.92. The van der Waals surface area contributed by atoms with Crippen molar-refractivity contribution in [2.75, 3.05) is 13.7 Å². The highest BCUT2D eigenvalue weighted by Gasteiger charge is 2.61. The fourth-order valence-corrected chi connectivity index (χ4v) is 2.84. The Kier molecular flexibility index (Phi) is 4.88. The molecule has 0 radical (unpaired) electrons. The van der Waals surface area contributed by atoms with Crippen LogP contribution in [0.1, 0.15) is 18.9 Å². The van der Waals surface area contributed by atoms with E-state index in [1.807, 2.05) is 18.2 Å². The molecule has 0 bridgehead atoms. The van der Waals surface area contributed by atoms with Crippen molar-refractivity contribution in [2.45, 2.75) is 25.5 Å². The Morgan fingerprint density at radius 1 is 1.30 bits per heavy atom. The number of carboxylic acid groups (broad SMARTS) is 1. The van der Waals surface area contributed by atoms with Crippen LogP contribution in [0, 0.1) is 5.92 Å². The van der Waals surface area contributed by atoms with Gasteiger partial charge in [0.2, 0.25) is 0 Å². The molecule has 1 amide bonds. The van der Waals surface area contributed by atoms with E-state index in [0.29, 0.717) is 0 Å². The number of hydrogen-bond acceptors (Lipinski definition) is 5. The molecular formula is C16H19NO6. The standard InChI is InChI=1S/C16H19NO6/c1-11-9-17(16(11,8-13(18)19)14(20)22-2)15(21)23-10-12-6-4-3-5-7-12/h3-7,11H,8-10H2,1-2H3,(H,18,19)/t11-,16+/m0/s1. The van der Waals surface area contributed by atoms with E-state index in [0.717, 1.165) is 10.5 Å². The second-order valence-corrected chi connectivity index (χ2v) is 5.54. The molecular weight excluding hydrogens is 302 g/mol. The van der Waals surface area contributed by atoms with Crippen LogP contribution in [0.2, 0.25) is 0 Å². The van der Waals surface area contributed by atoms with Gasteiger partial charge in [-0.05, 0) is 5.56 Å². The number of nitrogens with zero attached hydrogens (tertiary/aromatic N) is 1. The molecule has 1 fully saturated rings. The highest BCUT2D eigenvalue weighted by atomic mass is 16.6. The Hall–Kier alpha value is -2.57. The van der Waals surface area contributed by atoms with Gasteiger partial charge in [0.25, 0.3) is 0 Å². The third-order valence-corrected chi connectivity index (χ3v) is 4.14. The van der Waals surface area contributed by atoms with E-state index in [-0.39, 0.29) is 19.1 Å². The van der Waals surface area contributed by atoms with Crippen LogP contribution in [0.5, 0.6) is 0 Å². The maximum absolute atomic E-state index is 12.3. The van der Waals surface area contributed by atoms with Crippen LogP contribution in [0.25, 0.3) is 0 Å². The first kappa shape index (κ1) is 16.8.